The van der Waals surface area contributed by atoms with Crippen molar-refractivity contribution in [3.05, 3.63) is 66.3 Å². The van der Waals surface area contributed by atoms with Crippen LogP contribution in [-0.2, 0) is 11.2 Å². The zero-order valence-electron chi connectivity index (χ0n) is 15.9. The number of likely N-dealkylation sites (N-methyl/N-ethyl adjacent to an activating group) is 1. The van der Waals surface area contributed by atoms with Crippen LogP contribution >= 0.6 is 0 Å². The molecule has 0 bridgehead atoms. The fourth-order valence-electron chi connectivity index (χ4n) is 2.70. The topological polar surface area (TPSA) is 71.3 Å². The van der Waals surface area contributed by atoms with Gasteiger partial charge in [-0.3, -0.25) is 4.79 Å². The first-order chi connectivity index (χ1) is 13.5. The van der Waals surface area contributed by atoms with Crippen LogP contribution in [0.3, 0.4) is 0 Å². The Morgan fingerprint density at radius 1 is 1.18 bits per heavy atom. The predicted molar refractivity (Wildman–Crippen MR) is 105 cm³/mol. The van der Waals surface area contributed by atoms with Crippen LogP contribution in [0.5, 0.6) is 0 Å². The van der Waals surface area contributed by atoms with Crippen molar-refractivity contribution in [2.45, 2.75) is 25.8 Å². The fourth-order valence-corrected chi connectivity index (χ4v) is 2.70. The molecule has 1 amide bonds. The van der Waals surface area contributed by atoms with Gasteiger partial charge in [0.25, 0.3) is 0 Å². The maximum atomic E-state index is 13.0. The van der Waals surface area contributed by atoms with Gasteiger partial charge in [-0.1, -0.05) is 23.4 Å². The molecule has 2 aromatic carbocycles. The Hall–Kier alpha value is -3.22. The molecule has 0 aliphatic carbocycles. The van der Waals surface area contributed by atoms with Crippen LogP contribution in [0.4, 0.5) is 10.1 Å². The maximum absolute atomic E-state index is 13.0. The highest BCUT2D eigenvalue weighted by atomic mass is 19.1. The van der Waals surface area contributed by atoms with Crippen molar-refractivity contribution in [2.75, 3.05) is 18.5 Å². The number of aryl methyl sites for hydroxylation is 1. The van der Waals surface area contributed by atoms with E-state index in [2.05, 4.69) is 27.3 Å². The predicted octanol–water partition coefficient (Wildman–Crippen LogP) is 3.45. The van der Waals surface area contributed by atoms with E-state index in [0.29, 0.717) is 30.2 Å². The largest absolute Gasteiger partial charge is 0.370 e. The number of hydrogen-bond acceptors (Lipinski definition) is 5. The summed E-state index contributed by atoms with van der Waals surface area (Å²) in [6.45, 7) is 2.59. The second kappa shape index (κ2) is 9.12. The molecule has 28 heavy (non-hydrogen) atoms. The lowest BCUT2D eigenvalue weighted by atomic mass is 10.2. The molecule has 1 N–H and O–H groups in total. The van der Waals surface area contributed by atoms with Gasteiger partial charge < -0.3 is 14.7 Å². The summed E-state index contributed by atoms with van der Waals surface area (Å²) in [6, 6.07) is 16.0. The molecule has 0 fully saturated rings. The molecule has 3 rings (SSSR count). The van der Waals surface area contributed by atoms with Crippen molar-refractivity contribution in [1.82, 2.24) is 15.5 Å². The minimum absolute atomic E-state index is 0.0742. The second-order valence-electron chi connectivity index (χ2n) is 6.62. The fraction of sp³-hybridized carbons (Fsp3) is 0.286. The summed E-state index contributed by atoms with van der Waals surface area (Å²) in [7, 11) is 2.00. The molecule has 1 atom stereocenters. The standard InChI is InChI=1S/C21H23FN4O2/c1-15(26(2)18-6-4-3-5-7-18)14-23-19(27)12-13-20-24-21(25-28-20)16-8-10-17(22)11-9-16/h3-11,15H,12-14H2,1-2H3,(H,23,27). The molecule has 0 saturated heterocycles. The van der Waals surface area contributed by atoms with Crippen LogP contribution in [0.25, 0.3) is 11.4 Å². The van der Waals surface area contributed by atoms with Crippen molar-refractivity contribution in [3.8, 4) is 11.4 Å². The third-order valence-electron chi connectivity index (χ3n) is 4.56. The molecule has 0 aliphatic heterocycles. The highest BCUT2D eigenvalue weighted by molar-refractivity contribution is 5.76. The monoisotopic (exact) mass is 382 g/mol. The first-order valence-electron chi connectivity index (χ1n) is 9.16. The average Bonchev–Trinajstić information content (AvgIpc) is 3.20. The molecular weight excluding hydrogens is 359 g/mol. The molecule has 6 nitrogen and oxygen atoms in total. The highest BCUT2D eigenvalue weighted by Gasteiger charge is 2.13. The summed E-state index contributed by atoms with van der Waals surface area (Å²) in [4.78, 5) is 18.5. The summed E-state index contributed by atoms with van der Waals surface area (Å²) in [5.41, 5.74) is 1.77. The Labute approximate surface area is 163 Å². The van der Waals surface area contributed by atoms with Gasteiger partial charge in [-0.05, 0) is 43.3 Å². The maximum Gasteiger partial charge on any atom is 0.227 e. The van der Waals surface area contributed by atoms with Gasteiger partial charge >= 0.3 is 0 Å². The number of carbonyl (C=O) groups excluding carboxylic acids is 1. The Kier molecular flexibility index (Phi) is 6.37. The molecule has 1 aromatic heterocycles. The van der Waals surface area contributed by atoms with Gasteiger partial charge in [0, 0.05) is 43.7 Å². The zero-order valence-corrected chi connectivity index (χ0v) is 15.9. The number of nitrogens with zero attached hydrogens (tertiary/aromatic N) is 3. The van der Waals surface area contributed by atoms with Crippen LogP contribution in [0.2, 0.25) is 0 Å². The number of hydrogen-bond donors (Lipinski definition) is 1. The summed E-state index contributed by atoms with van der Waals surface area (Å²) in [6.07, 6.45) is 0.607. The number of para-hydroxylation sites is 1. The van der Waals surface area contributed by atoms with Gasteiger partial charge in [0.2, 0.25) is 17.6 Å². The molecule has 1 heterocycles. The first-order valence-corrected chi connectivity index (χ1v) is 9.16. The Balaban J connectivity index is 1.45. The van der Waals surface area contributed by atoms with E-state index in [1.165, 1.54) is 12.1 Å². The second-order valence-corrected chi connectivity index (χ2v) is 6.62. The number of aromatic nitrogens is 2. The van der Waals surface area contributed by atoms with E-state index in [0.717, 1.165) is 5.69 Å². The summed E-state index contributed by atoms with van der Waals surface area (Å²) >= 11 is 0. The molecule has 7 heteroatoms. The number of anilines is 1. The lowest BCUT2D eigenvalue weighted by Gasteiger charge is -2.27. The van der Waals surface area contributed by atoms with Crippen molar-refractivity contribution in [3.63, 3.8) is 0 Å². The van der Waals surface area contributed by atoms with Gasteiger partial charge in [-0.25, -0.2) is 4.39 Å². The van der Waals surface area contributed by atoms with E-state index in [1.54, 1.807) is 12.1 Å². The Bertz CT molecular complexity index is 896. The van der Waals surface area contributed by atoms with Gasteiger partial charge in [-0.2, -0.15) is 4.98 Å². The van der Waals surface area contributed by atoms with Crippen molar-refractivity contribution < 1.29 is 13.7 Å². The number of amides is 1. The molecule has 1 unspecified atom stereocenters. The van der Waals surface area contributed by atoms with E-state index < -0.39 is 0 Å². The van der Waals surface area contributed by atoms with Crippen LogP contribution in [0, 0.1) is 5.82 Å². The van der Waals surface area contributed by atoms with E-state index in [-0.39, 0.29) is 24.2 Å². The van der Waals surface area contributed by atoms with E-state index in [1.807, 2.05) is 37.4 Å². The minimum atomic E-state index is -0.323. The first kappa shape index (κ1) is 19.5. The Morgan fingerprint density at radius 2 is 1.89 bits per heavy atom. The number of benzene rings is 2. The molecule has 0 radical (unpaired) electrons. The lowest BCUT2D eigenvalue weighted by molar-refractivity contribution is -0.121. The van der Waals surface area contributed by atoms with Gasteiger partial charge in [0.15, 0.2) is 0 Å². The van der Waals surface area contributed by atoms with E-state index in [9.17, 15) is 9.18 Å². The number of rotatable bonds is 8. The van der Waals surface area contributed by atoms with Crippen LogP contribution in [0.1, 0.15) is 19.2 Å². The quantitative estimate of drug-likeness (QED) is 0.646. The van der Waals surface area contributed by atoms with Crippen LogP contribution < -0.4 is 10.2 Å². The smallest absolute Gasteiger partial charge is 0.227 e. The summed E-state index contributed by atoms with van der Waals surface area (Å²) < 4.78 is 18.2. The van der Waals surface area contributed by atoms with Crippen molar-refractivity contribution in [2.24, 2.45) is 0 Å². The number of nitrogens with one attached hydrogen (secondary N) is 1. The Morgan fingerprint density at radius 3 is 2.61 bits per heavy atom. The highest BCUT2D eigenvalue weighted by Crippen LogP contribution is 2.17. The minimum Gasteiger partial charge on any atom is -0.370 e. The third kappa shape index (κ3) is 5.16. The van der Waals surface area contributed by atoms with Gasteiger partial charge in [0.05, 0.1) is 0 Å². The molecular formula is C21H23FN4O2. The van der Waals surface area contributed by atoms with Gasteiger partial charge in [-0.15, -0.1) is 0 Å². The van der Waals surface area contributed by atoms with Crippen molar-refractivity contribution in [1.29, 1.82) is 0 Å². The summed E-state index contributed by atoms with van der Waals surface area (Å²) in [5.74, 6) is 0.364. The molecule has 0 saturated carbocycles. The molecule has 3 aromatic rings. The van der Waals surface area contributed by atoms with Crippen molar-refractivity contribution >= 4 is 11.6 Å². The van der Waals surface area contributed by atoms with Crippen LogP contribution in [0.15, 0.2) is 59.1 Å². The molecule has 146 valence electrons. The van der Waals surface area contributed by atoms with Gasteiger partial charge in [0.1, 0.15) is 5.82 Å². The number of halogens is 1. The average molecular weight is 382 g/mol. The third-order valence-corrected chi connectivity index (χ3v) is 4.56. The van der Waals surface area contributed by atoms with Crippen LogP contribution in [-0.4, -0.2) is 35.7 Å². The SMILES string of the molecule is CC(CNC(=O)CCc1nc(-c2ccc(F)cc2)no1)N(C)c1ccccc1. The summed E-state index contributed by atoms with van der Waals surface area (Å²) in [5, 5.41) is 6.81. The normalized spacial score (nSPS) is 11.8. The molecule has 0 spiro atoms. The number of carbonyl (C=O) groups is 1. The van der Waals surface area contributed by atoms with E-state index >= 15 is 0 Å². The molecule has 0 aliphatic rings. The zero-order chi connectivity index (χ0) is 19.9. The lowest BCUT2D eigenvalue weighted by Crippen LogP contribution is -2.40. The van der Waals surface area contributed by atoms with E-state index in [4.69, 9.17) is 4.52 Å².